The number of ether oxygens (including phenoxy) is 1. The van der Waals surface area contributed by atoms with Gasteiger partial charge in [0.05, 0.1) is 10.8 Å². The molecule has 1 amide bonds. The third-order valence-corrected chi connectivity index (χ3v) is 6.06. The second-order valence-corrected chi connectivity index (χ2v) is 8.10. The van der Waals surface area contributed by atoms with Gasteiger partial charge in [-0.05, 0) is 23.1 Å². The van der Waals surface area contributed by atoms with Crippen LogP contribution in [0.2, 0.25) is 0 Å². The van der Waals surface area contributed by atoms with E-state index in [9.17, 15) is 9.59 Å². The molecule has 3 heterocycles. The lowest BCUT2D eigenvalue weighted by Crippen LogP contribution is -2.42. The van der Waals surface area contributed by atoms with Gasteiger partial charge in [0.25, 0.3) is 11.8 Å². The van der Waals surface area contributed by atoms with Gasteiger partial charge in [-0.1, -0.05) is 36.4 Å². The standard InChI is InChI=1S/C20H17N3O4S2/c24-18(9-8-14-5-2-1-3-6-14)23-13-28-12-15(23)20(25)26-11-17-21-22-19(27-17)16-7-4-10-29-16/h1-10,15H,11-13H2/b9-8+. The fourth-order valence-electron chi connectivity index (χ4n) is 2.72. The maximum absolute atomic E-state index is 12.5. The van der Waals surface area contributed by atoms with Crippen LogP contribution in [-0.4, -0.2) is 44.6 Å². The average Bonchev–Trinajstić information content (AvgIpc) is 3.51. The molecular weight excluding hydrogens is 410 g/mol. The third kappa shape index (κ3) is 4.75. The quantitative estimate of drug-likeness (QED) is 0.440. The van der Waals surface area contributed by atoms with Gasteiger partial charge in [0.15, 0.2) is 6.61 Å². The van der Waals surface area contributed by atoms with Gasteiger partial charge in [-0.3, -0.25) is 4.79 Å². The molecule has 0 bridgehead atoms. The monoisotopic (exact) mass is 427 g/mol. The molecule has 9 heteroatoms. The van der Waals surface area contributed by atoms with Crippen molar-refractivity contribution in [1.82, 2.24) is 15.1 Å². The molecule has 0 aliphatic carbocycles. The van der Waals surface area contributed by atoms with Gasteiger partial charge in [-0.15, -0.1) is 33.3 Å². The average molecular weight is 428 g/mol. The first kappa shape index (κ1) is 19.4. The first-order chi connectivity index (χ1) is 14.2. The minimum absolute atomic E-state index is 0.125. The van der Waals surface area contributed by atoms with Crippen molar-refractivity contribution in [2.75, 3.05) is 11.6 Å². The highest BCUT2D eigenvalue weighted by atomic mass is 32.2. The zero-order chi connectivity index (χ0) is 20.1. The highest BCUT2D eigenvalue weighted by Crippen LogP contribution is 2.24. The van der Waals surface area contributed by atoms with E-state index in [-0.39, 0.29) is 18.4 Å². The third-order valence-electron chi connectivity index (χ3n) is 4.19. The number of carbonyl (C=O) groups excluding carboxylic acids is 2. The van der Waals surface area contributed by atoms with Crippen LogP contribution in [0, 0.1) is 0 Å². The van der Waals surface area contributed by atoms with Crippen molar-refractivity contribution in [2.24, 2.45) is 0 Å². The highest BCUT2D eigenvalue weighted by molar-refractivity contribution is 7.99. The number of amides is 1. The molecule has 4 rings (SSSR count). The molecule has 29 heavy (non-hydrogen) atoms. The van der Waals surface area contributed by atoms with Crippen LogP contribution >= 0.6 is 23.1 Å². The number of thiophene rings is 1. The van der Waals surface area contributed by atoms with Crippen molar-refractivity contribution in [3.8, 4) is 10.8 Å². The van der Waals surface area contributed by atoms with E-state index in [0.717, 1.165) is 10.4 Å². The molecule has 0 radical (unpaired) electrons. The molecule has 1 saturated heterocycles. The number of thioether (sulfide) groups is 1. The summed E-state index contributed by atoms with van der Waals surface area (Å²) in [6.45, 7) is -0.125. The van der Waals surface area contributed by atoms with Crippen molar-refractivity contribution >= 4 is 41.1 Å². The van der Waals surface area contributed by atoms with E-state index in [4.69, 9.17) is 9.15 Å². The second-order valence-electron chi connectivity index (χ2n) is 6.15. The van der Waals surface area contributed by atoms with Gasteiger partial charge >= 0.3 is 5.97 Å². The van der Waals surface area contributed by atoms with Gasteiger partial charge in [-0.2, -0.15) is 0 Å². The summed E-state index contributed by atoms with van der Waals surface area (Å²) in [5.41, 5.74) is 0.921. The zero-order valence-electron chi connectivity index (χ0n) is 15.3. The smallest absolute Gasteiger partial charge is 0.330 e. The number of hydrogen-bond donors (Lipinski definition) is 0. The lowest BCUT2D eigenvalue weighted by molar-refractivity contribution is -0.153. The predicted octanol–water partition coefficient (Wildman–Crippen LogP) is 3.46. The molecule has 2 aromatic heterocycles. The molecule has 1 aromatic carbocycles. The number of benzene rings is 1. The van der Waals surface area contributed by atoms with E-state index in [2.05, 4.69) is 10.2 Å². The summed E-state index contributed by atoms with van der Waals surface area (Å²) >= 11 is 3.00. The Balaban J connectivity index is 1.34. The summed E-state index contributed by atoms with van der Waals surface area (Å²) in [5, 5.41) is 9.77. The van der Waals surface area contributed by atoms with Gasteiger partial charge in [0.1, 0.15) is 6.04 Å². The van der Waals surface area contributed by atoms with E-state index in [1.807, 2.05) is 47.8 Å². The van der Waals surface area contributed by atoms with E-state index in [1.54, 1.807) is 6.08 Å². The van der Waals surface area contributed by atoms with Crippen LogP contribution in [0.25, 0.3) is 16.8 Å². The van der Waals surface area contributed by atoms with Gasteiger partial charge in [-0.25, -0.2) is 4.79 Å². The Bertz CT molecular complexity index is 1000. The zero-order valence-corrected chi connectivity index (χ0v) is 16.9. The normalized spacial score (nSPS) is 16.4. The summed E-state index contributed by atoms with van der Waals surface area (Å²) in [6, 6.07) is 12.7. The molecule has 0 saturated carbocycles. The fraction of sp³-hybridized carbons (Fsp3) is 0.200. The molecule has 1 aliphatic heterocycles. The predicted molar refractivity (Wildman–Crippen MR) is 111 cm³/mol. The van der Waals surface area contributed by atoms with Crippen molar-refractivity contribution in [2.45, 2.75) is 12.6 Å². The summed E-state index contributed by atoms with van der Waals surface area (Å²) < 4.78 is 10.8. The first-order valence-corrected chi connectivity index (χ1v) is 10.9. The Hall–Kier alpha value is -2.91. The molecule has 1 aliphatic rings. The van der Waals surface area contributed by atoms with Crippen molar-refractivity contribution in [3.05, 3.63) is 65.4 Å². The van der Waals surface area contributed by atoms with Crippen LogP contribution in [0.3, 0.4) is 0 Å². The number of rotatable bonds is 6. The van der Waals surface area contributed by atoms with Crippen molar-refractivity contribution < 1.29 is 18.7 Å². The molecule has 0 spiro atoms. The Morgan fingerprint density at radius 1 is 1.21 bits per heavy atom. The summed E-state index contributed by atoms with van der Waals surface area (Å²) in [5.74, 6) is 0.847. The maximum atomic E-state index is 12.5. The topological polar surface area (TPSA) is 85.5 Å². The SMILES string of the molecule is O=C(OCc1nnc(-c2cccs2)o1)C1CSCN1C(=O)/C=C/c1ccccc1. The Morgan fingerprint density at radius 2 is 2.07 bits per heavy atom. The highest BCUT2D eigenvalue weighted by Gasteiger charge is 2.35. The fourth-order valence-corrected chi connectivity index (χ4v) is 4.52. The van der Waals surface area contributed by atoms with E-state index in [1.165, 1.54) is 34.1 Å². The minimum atomic E-state index is -0.632. The molecule has 148 valence electrons. The number of esters is 1. The van der Waals surface area contributed by atoms with Crippen molar-refractivity contribution in [3.63, 3.8) is 0 Å². The lowest BCUT2D eigenvalue weighted by Gasteiger charge is -2.20. The molecule has 0 N–H and O–H groups in total. The van der Waals surface area contributed by atoms with Crippen LogP contribution in [0.1, 0.15) is 11.5 Å². The summed E-state index contributed by atoms with van der Waals surface area (Å²) in [7, 11) is 0. The first-order valence-electron chi connectivity index (χ1n) is 8.85. The van der Waals surface area contributed by atoms with Crippen LogP contribution in [-0.2, 0) is 20.9 Å². The molecule has 1 unspecified atom stereocenters. The Morgan fingerprint density at radius 3 is 2.86 bits per heavy atom. The van der Waals surface area contributed by atoms with Crippen LogP contribution in [0.5, 0.6) is 0 Å². The Labute approximate surface area is 175 Å². The van der Waals surface area contributed by atoms with Gasteiger partial charge < -0.3 is 14.1 Å². The minimum Gasteiger partial charge on any atom is -0.454 e. The van der Waals surface area contributed by atoms with Crippen LogP contribution < -0.4 is 0 Å². The second kappa shape index (κ2) is 9.06. The van der Waals surface area contributed by atoms with E-state index >= 15 is 0 Å². The number of aromatic nitrogens is 2. The number of nitrogens with zero attached hydrogens (tertiary/aromatic N) is 3. The molecule has 1 atom stereocenters. The van der Waals surface area contributed by atoms with Crippen LogP contribution in [0.15, 0.2) is 58.3 Å². The number of carbonyl (C=O) groups is 2. The largest absolute Gasteiger partial charge is 0.454 e. The summed E-state index contributed by atoms with van der Waals surface area (Å²) in [6.07, 6.45) is 3.21. The maximum Gasteiger partial charge on any atom is 0.330 e. The number of hydrogen-bond acceptors (Lipinski definition) is 8. The summed E-state index contributed by atoms with van der Waals surface area (Å²) in [4.78, 5) is 27.4. The lowest BCUT2D eigenvalue weighted by atomic mass is 10.2. The van der Waals surface area contributed by atoms with E-state index < -0.39 is 12.0 Å². The van der Waals surface area contributed by atoms with Crippen molar-refractivity contribution in [1.29, 1.82) is 0 Å². The molecular formula is C20H17N3O4S2. The van der Waals surface area contributed by atoms with E-state index in [0.29, 0.717) is 17.5 Å². The Kier molecular flexibility index (Phi) is 6.06. The molecule has 1 fully saturated rings. The van der Waals surface area contributed by atoms with Gasteiger partial charge in [0, 0.05) is 11.8 Å². The molecule has 7 nitrogen and oxygen atoms in total. The van der Waals surface area contributed by atoms with Crippen LogP contribution in [0.4, 0.5) is 0 Å². The van der Waals surface area contributed by atoms with Gasteiger partial charge in [0.2, 0.25) is 5.91 Å². The molecule has 3 aromatic rings.